The van der Waals surface area contributed by atoms with E-state index in [9.17, 15) is 9.59 Å². The molecule has 1 fully saturated rings. The smallest absolute Gasteiger partial charge is 0.253 e. The number of amides is 2. The topological polar surface area (TPSA) is 75.4 Å². The van der Waals surface area contributed by atoms with Gasteiger partial charge in [0.2, 0.25) is 11.8 Å². The molecule has 3 aromatic rings. The molecular formula is C27H33N3O3. The van der Waals surface area contributed by atoms with Crippen molar-refractivity contribution in [2.75, 3.05) is 19.6 Å². The van der Waals surface area contributed by atoms with Gasteiger partial charge in [-0.1, -0.05) is 38.0 Å². The van der Waals surface area contributed by atoms with Crippen molar-refractivity contribution in [2.45, 2.75) is 46.5 Å². The highest BCUT2D eigenvalue weighted by Gasteiger charge is 2.30. The molecule has 2 heterocycles. The predicted molar refractivity (Wildman–Crippen MR) is 130 cm³/mol. The minimum absolute atomic E-state index is 0.00952. The van der Waals surface area contributed by atoms with Crippen molar-refractivity contribution in [2.24, 2.45) is 11.8 Å². The third-order valence-electron chi connectivity index (χ3n) is 6.71. The molecule has 1 aliphatic heterocycles. The maximum Gasteiger partial charge on any atom is 0.253 e. The number of carbonyl (C=O) groups excluding carboxylic acids is 2. The number of nitrogens with zero attached hydrogens (tertiary/aromatic N) is 2. The first-order chi connectivity index (χ1) is 16.0. The second kappa shape index (κ2) is 10.2. The first kappa shape index (κ1) is 23.0. The molecule has 1 aromatic heterocycles. The van der Waals surface area contributed by atoms with E-state index in [1.54, 1.807) is 0 Å². The second-order valence-electron chi connectivity index (χ2n) is 9.13. The fourth-order valence-electron chi connectivity index (χ4n) is 4.43. The van der Waals surface area contributed by atoms with Gasteiger partial charge in [-0.15, -0.1) is 0 Å². The molecule has 4 rings (SSSR count). The lowest BCUT2D eigenvalue weighted by Crippen LogP contribution is -2.42. The van der Waals surface area contributed by atoms with Gasteiger partial charge in [0, 0.05) is 36.7 Å². The quantitative estimate of drug-likeness (QED) is 0.505. The normalized spacial score (nSPS) is 15.5. The molecule has 1 saturated heterocycles. The lowest BCUT2D eigenvalue weighted by molar-refractivity contribution is -0.126. The van der Waals surface area contributed by atoms with Gasteiger partial charge in [0.1, 0.15) is 5.52 Å². The summed E-state index contributed by atoms with van der Waals surface area (Å²) in [6.07, 6.45) is 3.77. The molecule has 174 valence electrons. The first-order valence-corrected chi connectivity index (χ1v) is 12.0. The Morgan fingerprint density at radius 1 is 1.15 bits per heavy atom. The molecule has 1 atom stereocenters. The Morgan fingerprint density at radius 3 is 2.58 bits per heavy atom. The van der Waals surface area contributed by atoms with Crippen LogP contribution in [0.25, 0.3) is 22.6 Å². The minimum Gasteiger partial charge on any atom is -0.436 e. The van der Waals surface area contributed by atoms with Crippen LogP contribution in [0.2, 0.25) is 0 Å². The Morgan fingerprint density at radius 2 is 1.88 bits per heavy atom. The molecule has 1 aliphatic rings. The maximum absolute atomic E-state index is 13.1. The van der Waals surface area contributed by atoms with Gasteiger partial charge < -0.3 is 14.6 Å². The summed E-state index contributed by atoms with van der Waals surface area (Å²) >= 11 is 0. The number of piperidine rings is 1. The average Bonchev–Trinajstić information content (AvgIpc) is 3.27. The van der Waals surface area contributed by atoms with Gasteiger partial charge in [-0.25, -0.2) is 4.98 Å². The van der Waals surface area contributed by atoms with Gasteiger partial charge in [0.25, 0.3) is 5.91 Å². The highest BCUT2D eigenvalue weighted by molar-refractivity contribution is 5.97. The summed E-state index contributed by atoms with van der Waals surface area (Å²) in [5.74, 6) is 0.988. The molecule has 1 N–H and O–H groups in total. The number of oxazole rings is 1. The predicted octanol–water partition coefficient (Wildman–Crippen LogP) is 5.21. The van der Waals surface area contributed by atoms with Crippen LogP contribution in [-0.4, -0.2) is 41.3 Å². The number of hydrogen-bond acceptors (Lipinski definition) is 4. The standard InChI is InChI=1S/C27H33N3O3/c1-4-5-14-28-25(31)19(3)20-12-15-30(16-13-20)27(32)22-10-11-24-23(17-22)29-26(33-24)21-8-6-18(2)7-9-21/h6-11,17,19-20H,4-5,12-16H2,1-3H3,(H,28,31)/t19-/m0/s1. The molecule has 0 aliphatic carbocycles. The molecule has 0 spiro atoms. The van der Waals surface area contributed by atoms with Crippen LogP contribution in [0.3, 0.4) is 0 Å². The molecule has 0 radical (unpaired) electrons. The Bertz CT molecular complexity index is 1110. The third-order valence-corrected chi connectivity index (χ3v) is 6.71. The zero-order chi connectivity index (χ0) is 23.4. The third kappa shape index (κ3) is 5.27. The fraction of sp³-hybridized carbons (Fsp3) is 0.444. The van der Waals surface area contributed by atoms with E-state index in [4.69, 9.17) is 4.42 Å². The second-order valence-corrected chi connectivity index (χ2v) is 9.13. The molecule has 6 nitrogen and oxygen atoms in total. The number of unbranched alkanes of at least 4 members (excludes halogenated alkanes) is 1. The minimum atomic E-state index is -0.0224. The molecular weight excluding hydrogens is 414 g/mol. The van der Waals surface area contributed by atoms with E-state index in [-0.39, 0.29) is 17.7 Å². The summed E-state index contributed by atoms with van der Waals surface area (Å²) in [6, 6.07) is 13.5. The number of benzene rings is 2. The number of carbonyl (C=O) groups is 2. The number of aryl methyl sites for hydroxylation is 1. The van der Waals surface area contributed by atoms with E-state index in [1.807, 2.05) is 61.2 Å². The lowest BCUT2D eigenvalue weighted by Gasteiger charge is -2.34. The lowest BCUT2D eigenvalue weighted by atomic mass is 9.84. The SMILES string of the molecule is CCCCNC(=O)[C@@H](C)C1CCN(C(=O)c2ccc3oc(-c4ccc(C)cc4)nc3c2)CC1. The van der Waals surface area contributed by atoms with E-state index in [2.05, 4.69) is 17.2 Å². The van der Waals surface area contributed by atoms with Crippen molar-refractivity contribution >= 4 is 22.9 Å². The largest absolute Gasteiger partial charge is 0.436 e. The van der Waals surface area contributed by atoms with Gasteiger partial charge in [-0.2, -0.15) is 0 Å². The van der Waals surface area contributed by atoms with Crippen molar-refractivity contribution in [3.8, 4) is 11.5 Å². The monoisotopic (exact) mass is 447 g/mol. The number of nitrogens with one attached hydrogen (secondary N) is 1. The zero-order valence-electron chi connectivity index (χ0n) is 19.8. The molecule has 6 heteroatoms. The van der Waals surface area contributed by atoms with E-state index in [0.717, 1.165) is 37.8 Å². The van der Waals surface area contributed by atoms with Crippen LogP contribution in [0.5, 0.6) is 0 Å². The van der Waals surface area contributed by atoms with Crippen LogP contribution in [0.15, 0.2) is 46.9 Å². The van der Waals surface area contributed by atoms with Crippen LogP contribution >= 0.6 is 0 Å². The van der Waals surface area contributed by atoms with Gasteiger partial charge in [0.05, 0.1) is 0 Å². The van der Waals surface area contributed by atoms with Gasteiger partial charge in [0.15, 0.2) is 5.58 Å². The van der Waals surface area contributed by atoms with Crippen LogP contribution in [0.1, 0.15) is 55.5 Å². The van der Waals surface area contributed by atoms with Gasteiger partial charge >= 0.3 is 0 Å². The summed E-state index contributed by atoms with van der Waals surface area (Å²) in [7, 11) is 0. The van der Waals surface area contributed by atoms with E-state index < -0.39 is 0 Å². The molecule has 0 saturated carbocycles. The Hall–Kier alpha value is -3.15. The van der Waals surface area contributed by atoms with Crippen LogP contribution in [0.4, 0.5) is 0 Å². The Kier molecular flexibility index (Phi) is 7.11. The number of aromatic nitrogens is 1. The number of likely N-dealkylation sites (tertiary alicyclic amines) is 1. The maximum atomic E-state index is 13.1. The zero-order valence-corrected chi connectivity index (χ0v) is 19.8. The van der Waals surface area contributed by atoms with Crippen molar-refractivity contribution < 1.29 is 14.0 Å². The highest BCUT2D eigenvalue weighted by Crippen LogP contribution is 2.28. The Balaban J connectivity index is 1.39. The van der Waals surface area contributed by atoms with E-state index >= 15 is 0 Å². The van der Waals surface area contributed by atoms with Crippen molar-refractivity contribution in [3.05, 3.63) is 53.6 Å². The first-order valence-electron chi connectivity index (χ1n) is 12.0. The molecule has 2 aromatic carbocycles. The van der Waals surface area contributed by atoms with Crippen molar-refractivity contribution in [3.63, 3.8) is 0 Å². The van der Waals surface area contributed by atoms with E-state index in [1.165, 1.54) is 5.56 Å². The number of hydrogen-bond donors (Lipinski definition) is 1. The van der Waals surface area contributed by atoms with Crippen molar-refractivity contribution in [1.82, 2.24) is 15.2 Å². The summed E-state index contributed by atoms with van der Waals surface area (Å²) in [5, 5.41) is 3.04. The number of rotatable bonds is 7. The molecule has 0 bridgehead atoms. The van der Waals surface area contributed by atoms with E-state index in [0.29, 0.717) is 41.6 Å². The summed E-state index contributed by atoms with van der Waals surface area (Å²) in [4.78, 5) is 32.0. The Labute approximate surface area is 195 Å². The van der Waals surface area contributed by atoms with Crippen LogP contribution in [-0.2, 0) is 4.79 Å². The fourth-order valence-corrected chi connectivity index (χ4v) is 4.43. The molecule has 0 unspecified atom stereocenters. The van der Waals surface area contributed by atoms with Gasteiger partial charge in [-0.05, 0) is 62.4 Å². The van der Waals surface area contributed by atoms with Crippen LogP contribution in [0, 0.1) is 18.8 Å². The van der Waals surface area contributed by atoms with Crippen LogP contribution < -0.4 is 5.32 Å². The number of fused-ring (bicyclic) bond motifs is 1. The summed E-state index contributed by atoms with van der Waals surface area (Å²) in [6.45, 7) is 8.25. The summed E-state index contributed by atoms with van der Waals surface area (Å²) < 4.78 is 5.90. The molecule has 2 amide bonds. The molecule has 33 heavy (non-hydrogen) atoms. The van der Waals surface area contributed by atoms with Crippen molar-refractivity contribution in [1.29, 1.82) is 0 Å². The summed E-state index contributed by atoms with van der Waals surface area (Å²) in [5.41, 5.74) is 4.07. The highest BCUT2D eigenvalue weighted by atomic mass is 16.3. The average molecular weight is 448 g/mol. The van der Waals surface area contributed by atoms with Gasteiger partial charge in [-0.3, -0.25) is 9.59 Å².